The zero-order chi connectivity index (χ0) is 11.8. The van der Waals surface area contributed by atoms with Crippen LogP contribution in [0.15, 0.2) is 47.6 Å². The molecule has 0 aromatic rings. The molecule has 1 aliphatic carbocycles. The molecule has 0 aliphatic heterocycles. The van der Waals surface area contributed by atoms with Crippen LogP contribution in [0.5, 0.6) is 0 Å². The van der Waals surface area contributed by atoms with E-state index >= 15 is 0 Å². The van der Waals surface area contributed by atoms with Gasteiger partial charge < -0.3 is 0 Å². The third-order valence-corrected chi connectivity index (χ3v) is 3.22. The first-order chi connectivity index (χ1) is 6.73. The summed E-state index contributed by atoms with van der Waals surface area (Å²) in [6.45, 7) is 19.2. The Morgan fingerprint density at radius 3 is 2.27 bits per heavy atom. The van der Waals surface area contributed by atoms with E-state index in [0.29, 0.717) is 5.92 Å². The number of hydrogen-bond acceptors (Lipinski definition) is 0. The summed E-state index contributed by atoms with van der Waals surface area (Å²) >= 11 is 0. The summed E-state index contributed by atoms with van der Waals surface area (Å²) in [5, 5.41) is 0. The van der Waals surface area contributed by atoms with Crippen LogP contribution in [0.25, 0.3) is 0 Å². The summed E-state index contributed by atoms with van der Waals surface area (Å²) in [5.74, 6) is 0.497. The molecule has 0 bridgehead atoms. The van der Waals surface area contributed by atoms with E-state index < -0.39 is 0 Å². The first-order valence-electron chi connectivity index (χ1n) is 5.52. The standard InChI is InChI=1S/C15H22/c1-10-8-11(2)14(13(10)4)9-12(3)15(5,6)7/h8-9,13H,2-3H2,1,4-7H3/b14-9+. The van der Waals surface area contributed by atoms with E-state index in [1.807, 2.05) is 0 Å². The predicted octanol–water partition coefficient (Wildman–Crippen LogP) is 4.67. The van der Waals surface area contributed by atoms with Crippen molar-refractivity contribution < 1.29 is 0 Å². The molecule has 1 unspecified atom stereocenters. The summed E-state index contributed by atoms with van der Waals surface area (Å²) in [7, 11) is 0. The molecular weight excluding hydrogens is 180 g/mol. The van der Waals surface area contributed by atoms with E-state index in [1.54, 1.807) is 0 Å². The molecule has 0 amide bonds. The molecule has 0 aromatic carbocycles. The van der Waals surface area contributed by atoms with Crippen LogP contribution < -0.4 is 0 Å². The van der Waals surface area contributed by atoms with Gasteiger partial charge in [0.25, 0.3) is 0 Å². The van der Waals surface area contributed by atoms with Crippen LogP contribution in [0.2, 0.25) is 0 Å². The van der Waals surface area contributed by atoms with Crippen LogP contribution in [-0.2, 0) is 0 Å². The number of hydrogen-bond donors (Lipinski definition) is 0. The molecule has 0 radical (unpaired) electrons. The molecule has 0 spiro atoms. The van der Waals surface area contributed by atoms with E-state index in [2.05, 4.69) is 59.9 Å². The maximum atomic E-state index is 4.14. The molecule has 0 aromatic heterocycles. The van der Waals surface area contributed by atoms with Crippen molar-refractivity contribution in [1.82, 2.24) is 0 Å². The fourth-order valence-corrected chi connectivity index (χ4v) is 1.63. The lowest BCUT2D eigenvalue weighted by Crippen LogP contribution is -2.07. The van der Waals surface area contributed by atoms with Crippen LogP contribution in [0.1, 0.15) is 34.6 Å². The maximum Gasteiger partial charge on any atom is 0.00261 e. The van der Waals surface area contributed by atoms with Crippen molar-refractivity contribution in [1.29, 1.82) is 0 Å². The number of rotatable bonds is 1. The Morgan fingerprint density at radius 1 is 1.40 bits per heavy atom. The van der Waals surface area contributed by atoms with Crippen LogP contribution in [0, 0.1) is 11.3 Å². The zero-order valence-electron chi connectivity index (χ0n) is 10.6. The lowest BCUT2D eigenvalue weighted by atomic mass is 9.84. The van der Waals surface area contributed by atoms with E-state index in [-0.39, 0.29) is 5.41 Å². The first-order valence-corrected chi connectivity index (χ1v) is 5.52. The normalized spacial score (nSPS) is 24.6. The Morgan fingerprint density at radius 2 is 1.93 bits per heavy atom. The Labute approximate surface area is 94.1 Å². The average molecular weight is 202 g/mol. The second-order valence-corrected chi connectivity index (χ2v) is 5.51. The maximum absolute atomic E-state index is 4.14. The molecular formula is C15H22. The minimum absolute atomic E-state index is 0.142. The second-order valence-electron chi connectivity index (χ2n) is 5.51. The van der Waals surface area contributed by atoms with Crippen LogP contribution in [0.4, 0.5) is 0 Å². The molecule has 82 valence electrons. The van der Waals surface area contributed by atoms with Gasteiger partial charge in [-0.05, 0) is 29.1 Å². The summed E-state index contributed by atoms with van der Waals surface area (Å²) < 4.78 is 0. The summed E-state index contributed by atoms with van der Waals surface area (Å²) in [5.41, 5.74) is 5.18. The van der Waals surface area contributed by atoms with Crippen molar-refractivity contribution in [3.05, 3.63) is 47.6 Å². The van der Waals surface area contributed by atoms with Gasteiger partial charge in [-0.3, -0.25) is 0 Å². The molecule has 0 saturated carbocycles. The lowest BCUT2D eigenvalue weighted by molar-refractivity contribution is 0.518. The van der Waals surface area contributed by atoms with Crippen molar-refractivity contribution in [2.75, 3.05) is 0 Å². The quantitative estimate of drug-likeness (QED) is 0.579. The first kappa shape index (κ1) is 12.0. The summed E-state index contributed by atoms with van der Waals surface area (Å²) in [6, 6.07) is 0. The minimum atomic E-state index is 0.142. The smallest absolute Gasteiger partial charge is 0.00261 e. The molecule has 0 heteroatoms. The van der Waals surface area contributed by atoms with E-state index in [0.717, 1.165) is 5.57 Å². The van der Waals surface area contributed by atoms with Gasteiger partial charge in [-0.15, -0.1) is 0 Å². The van der Waals surface area contributed by atoms with E-state index in [9.17, 15) is 0 Å². The molecule has 1 rings (SSSR count). The average Bonchev–Trinajstić information content (AvgIpc) is 2.30. The molecule has 0 heterocycles. The summed E-state index contributed by atoms with van der Waals surface area (Å²) in [6.07, 6.45) is 4.38. The third kappa shape index (κ3) is 2.50. The SMILES string of the molecule is C=C1C=C(C)C(C)/C1=C/C(=C)C(C)(C)C. The van der Waals surface area contributed by atoms with Gasteiger partial charge in [0, 0.05) is 5.92 Å². The predicted molar refractivity (Wildman–Crippen MR) is 68.7 cm³/mol. The van der Waals surface area contributed by atoms with Crippen molar-refractivity contribution in [2.45, 2.75) is 34.6 Å². The van der Waals surface area contributed by atoms with Gasteiger partial charge in [0.15, 0.2) is 0 Å². The zero-order valence-corrected chi connectivity index (χ0v) is 10.6. The van der Waals surface area contributed by atoms with E-state index in [1.165, 1.54) is 16.7 Å². The highest BCUT2D eigenvalue weighted by molar-refractivity contribution is 5.52. The van der Waals surface area contributed by atoms with Gasteiger partial charge in [0.1, 0.15) is 0 Å². The van der Waals surface area contributed by atoms with Crippen LogP contribution in [-0.4, -0.2) is 0 Å². The van der Waals surface area contributed by atoms with Gasteiger partial charge in [0.05, 0.1) is 0 Å². The lowest BCUT2D eigenvalue weighted by Gasteiger charge is -2.21. The van der Waals surface area contributed by atoms with Crippen LogP contribution >= 0.6 is 0 Å². The molecule has 15 heavy (non-hydrogen) atoms. The highest BCUT2D eigenvalue weighted by Crippen LogP contribution is 2.36. The van der Waals surface area contributed by atoms with Crippen molar-refractivity contribution in [2.24, 2.45) is 11.3 Å². The highest BCUT2D eigenvalue weighted by Gasteiger charge is 2.21. The summed E-state index contributed by atoms with van der Waals surface area (Å²) in [4.78, 5) is 0. The molecule has 0 fully saturated rings. The minimum Gasteiger partial charge on any atom is -0.0953 e. The molecule has 0 nitrogen and oxygen atoms in total. The largest absolute Gasteiger partial charge is 0.0953 e. The van der Waals surface area contributed by atoms with Gasteiger partial charge in [0.2, 0.25) is 0 Å². The van der Waals surface area contributed by atoms with Gasteiger partial charge in [-0.25, -0.2) is 0 Å². The fourth-order valence-electron chi connectivity index (χ4n) is 1.63. The number of allylic oxidation sites excluding steroid dienone is 6. The van der Waals surface area contributed by atoms with Crippen molar-refractivity contribution >= 4 is 0 Å². The monoisotopic (exact) mass is 202 g/mol. The fraction of sp³-hybridized carbons (Fsp3) is 0.467. The highest BCUT2D eigenvalue weighted by atomic mass is 14.3. The van der Waals surface area contributed by atoms with Crippen LogP contribution in [0.3, 0.4) is 0 Å². The Kier molecular flexibility index (Phi) is 3.08. The third-order valence-electron chi connectivity index (χ3n) is 3.22. The molecule has 0 N–H and O–H groups in total. The Balaban J connectivity index is 2.97. The Bertz CT molecular complexity index is 356. The van der Waals surface area contributed by atoms with Gasteiger partial charge >= 0.3 is 0 Å². The van der Waals surface area contributed by atoms with Gasteiger partial charge in [-0.1, -0.05) is 58.6 Å². The second kappa shape index (κ2) is 3.84. The van der Waals surface area contributed by atoms with E-state index in [4.69, 9.17) is 0 Å². The van der Waals surface area contributed by atoms with Crippen molar-refractivity contribution in [3.63, 3.8) is 0 Å². The van der Waals surface area contributed by atoms with Crippen molar-refractivity contribution in [3.8, 4) is 0 Å². The molecule has 1 aliphatic rings. The Hall–Kier alpha value is -1.04. The van der Waals surface area contributed by atoms with Gasteiger partial charge in [-0.2, -0.15) is 0 Å². The molecule has 1 atom stereocenters. The topological polar surface area (TPSA) is 0 Å². The molecule has 0 saturated heterocycles.